The summed E-state index contributed by atoms with van der Waals surface area (Å²) in [6, 6.07) is 0. The van der Waals surface area contributed by atoms with Gasteiger partial charge in [0.05, 0.1) is 5.69 Å². The third kappa shape index (κ3) is 5.78. The average Bonchev–Trinajstić information content (AvgIpc) is 2.69. The molecule has 21 heavy (non-hydrogen) atoms. The topological polar surface area (TPSA) is 54.2 Å². The van der Waals surface area contributed by atoms with Gasteiger partial charge in [-0.1, -0.05) is 19.8 Å². The fourth-order valence-electron chi connectivity index (χ4n) is 2.38. The minimum Gasteiger partial charge on any atom is -0.357 e. The number of aromatic nitrogens is 2. The summed E-state index contributed by atoms with van der Waals surface area (Å²) in [6.07, 6.45) is 4.62. The van der Waals surface area contributed by atoms with Gasteiger partial charge in [-0.25, -0.2) is 0 Å². The second-order valence-electron chi connectivity index (χ2n) is 5.42. The lowest BCUT2D eigenvalue weighted by Gasteiger charge is -2.11. The molecule has 1 aromatic rings. The van der Waals surface area contributed by atoms with Crippen LogP contribution in [0.3, 0.4) is 0 Å². The number of rotatable bonds is 8. The third-order valence-electron chi connectivity index (χ3n) is 3.70. The number of unbranched alkanes of at least 4 members (excludes halogenated alkanes) is 2. The van der Waals surface area contributed by atoms with Gasteiger partial charge in [0.1, 0.15) is 0 Å². The molecule has 0 aliphatic heterocycles. The molecular formula is C16H31N5. The molecule has 0 amide bonds. The molecule has 0 aromatic carbocycles. The van der Waals surface area contributed by atoms with Gasteiger partial charge in [-0.3, -0.25) is 9.67 Å². The predicted molar refractivity (Wildman–Crippen MR) is 89.9 cm³/mol. The number of aryl methyl sites for hydroxylation is 2. The lowest BCUT2D eigenvalue weighted by Crippen LogP contribution is -2.38. The van der Waals surface area contributed by atoms with Gasteiger partial charge in [-0.2, -0.15) is 5.10 Å². The van der Waals surface area contributed by atoms with Crippen LogP contribution in [0.2, 0.25) is 0 Å². The van der Waals surface area contributed by atoms with E-state index in [1.807, 2.05) is 11.7 Å². The van der Waals surface area contributed by atoms with Crippen molar-refractivity contribution in [3.63, 3.8) is 0 Å². The number of nitrogens with one attached hydrogen (secondary N) is 2. The van der Waals surface area contributed by atoms with Crippen molar-refractivity contribution in [2.75, 3.05) is 19.6 Å². The molecule has 5 heteroatoms. The second kappa shape index (κ2) is 9.42. The van der Waals surface area contributed by atoms with E-state index in [1.54, 1.807) is 0 Å². The molecular weight excluding hydrogens is 262 g/mol. The minimum atomic E-state index is 0.882. The van der Waals surface area contributed by atoms with Gasteiger partial charge < -0.3 is 10.6 Å². The molecule has 0 fully saturated rings. The summed E-state index contributed by atoms with van der Waals surface area (Å²) >= 11 is 0. The summed E-state index contributed by atoms with van der Waals surface area (Å²) in [5.41, 5.74) is 3.72. The van der Waals surface area contributed by atoms with Crippen molar-refractivity contribution in [1.29, 1.82) is 0 Å². The van der Waals surface area contributed by atoms with Gasteiger partial charge in [0, 0.05) is 32.4 Å². The van der Waals surface area contributed by atoms with Crippen molar-refractivity contribution in [3.8, 4) is 0 Å². The van der Waals surface area contributed by atoms with Gasteiger partial charge >= 0.3 is 0 Å². The first-order valence-electron chi connectivity index (χ1n) is 8.11. The standard InChI is InChI=1S/C16H31N5/c1-6-8-9-11-18-16(17-7-2)19-12-10-15-13(3)20-21(5)14(15)4/h6-12H2,1-5H3,(H2,17,18,19). The van der Waals surface area contributed by atoms with Crippen molar-refractivity contribution in [3.05, 3.63) is 17.0 Å². The Balaban J connectivity index is 2.46. The highest BCUT2D eigenvalue weighted by Gasteiger charge is 2.08. The Morgan fingerprint density at radius 2 is 1.95 bits per heavy atom. The summed E-state index contributed by atoms with van der Waals surface area (Å²) < 4.78 is 1.95. The maximum atomic E-state index is 4.61. The molecule has 0 unspecified atom stereocenters. The molecule has 1 aromatic heterocycles. The van der Waals surface area contributed by atoms with E-state index >= 15 is 0 Å². The number of hydrogen-bond donors (Lipinski definition) is 2. The third-order valence-corrected chi connectivity index (χ3v) is 3.70. The first kappa shape index (κ1) is 17.5. The summed E-state index contributed by atoms with van der Waals surface area (Å²) in [4.78, 5) is 4.61. The van der Waals surface area contributed by atoms with Gasteiger partial charge in [0.15, 0.2) is 5.96 Å². The van der Waals surface area contributed by atoms with Crippen LogP contribution in [0.15, 0.2) is 4.99 Å². The normalized spacial score (nSPS) is 11.8. The van der Waals surface area contributed by atoms with E-state index < -0.39 is 0 Å². The lowest BCUT2D eigenvalue weighted by atomic mass is 10.1. The van der Waals surface area contributed by atoms with E-state index in [-0.39, 0.29) is 0 Å². The zero-order chi connectivity index (χ0) is 15.7. The Hall–Kier alpha value is -1.52. The summed E-state index contributed by atoms with van der Waals surface area (Å²) in [5.74, 6) is 0.924. The number of aliphatic imine (C=N–C) groups is 1. The Morgan fingerprint density at radius 3 is 2.52 bits per heavy atom. The predicted octanol–water partition coefficient (Wildman–Crippen LogP) is 2.32. The highest BCUT2D eigenvalue weighted by atomic mass is 15.3. The van der Waals surface area contributed by atoms with E-state index in [9.17, 15) is 0 Å². The molecule has 1 rings (SSSR count). The van der Waals surface area contributed by atoms with Crippen molar-refractivity contribution >= 4 is 5.96 Å². The fourth-order valence-corrected chi connectivity index (χ4v) is 2.38. The molecule has 5 nitrogen and oxygen atoms in total. The molecule has 120 valence electrons. The molecule has 0 aliphatic carbocycles. The highest BCUT2D eigenvalue weighted by molar-refractivity contribution is 5.79. The SMILES string of the molecule is CCCCCN=C(NCC)NCCc1c(C)nn(C)c1C. The highest BCUT2D eigenvalue weighted by Crippen LogP contribution is 2.11. The van der Waals surface area contributed by atoms with Crippen LogP contribution in [0.1, 0.15) is 50.1 Å². The van der Waals surface area contributed by atoms with E-state index in [4.69, 9.17) is 0 Å². The van der Waals surface area contributed by atoms with E-state index in [2.05, 4.69) is 48.4 Å². The van der Waals surface area contributed by atoms with Crippen LogP contribution in [-0.2, 0) is 13.5 Å². The molecule has 0 saturated carbocycles. The molecule has 0 radical (unpaired) electrons. The molecule has 0 aliphatic rings. The first-order chi connectivity index (χ1) is 10.1. The summed E-state index contributed by atoms with van der Waals surface area (Å²) in [7, 11) is 2.00. The van der Waals surface area contributed by atoms with Crippen molar-refractivity contribution in [1.82, 2.24) is 20.4 Å². The smallest absolute Gasteiger partial charge is 0.191 e. The molecule has 0 bridgehead atoms. The van der Waals surface area contributed by atoms with Crippen LogP contribution in [0, 0.1) is 13.8 Å². The van der Waals surface area contributed by atoms with E-state index in [1.165, 1.54) is 24.1 Å². The van der Waals surface area contributed by atoms with E-state index in [0.29, 0.717) is 0 Å². The zero-order valence-electron chi connectivity index (χ0n) is 14.3. The summed E-state index contributed by atoms with van der Waals surface area (Å²) in [6.45, 7) is 11.2. The average molecular weight is 293 g/mol. The first-order valence-corrected chi connectivity index (χ1v) is 8.11. The fraction of sp³-hybridized carbons (Fsp3) is 0.750. The maximum Gasteiger partial charge on any atom is 0.191 e. The van der Waals surface area contributed by atoms with Crippen molar-refractivity contribution in [2.45, 2.75) is 53.4 Å². The number of nitrogens with zero attached hydrogens (tertiary/aromatic N) is 3. The van der Waals surface area contributed by atoms with Crippen LogP contribution in [-0.4, -0.2) is 35.4 Å². The van der Waals surface area contributed by atoms with Crippen LogP contribution >= 0.6 is 0 Å². The number of hydrogen-bond acceptors (Lipinski definition) is 2. The van der Waals surface area contributed by atoms with Gasteiger partial charge in [-0.05, 0) is 39.2 Å². The lowest BCUT2D eigenvalue weighted by molar-refractivity contribution is 0.715. The van der Waals surface area contributed by atoms with Gasteiger partial charge in [-0.15, -0.1) is 0 Å². The molecule has 2 N–H and O–H groups in total. The molecule has 0 saturated heterocycles. The largest absolute Gasteiger partial charge is 0.357 e. The molecule has 0 atom stereocenters. The van der Waals surface area contributed by atoms with E-state index in [0.717, 1.165) is 44.1 Å². The van der Waals surface area contributed by atoms with Gasteiger partial charge in [0.2, 0.25) is 0 Å². The van der Waals surface area contributed by atoms with Crippen LogP contribution in [0.5, 0.6) is 0 Å². The van der Waals surface area contributed by atoms with Crippen molar-refractivity contribution in [2.24, 2.45) is 12.0 Å². The second-order valence-corrected chi connectivity index (χ2v) is 5.42. The monoisotopic (exact) mass is 293 g/mol. The van der Waals surface area contributed by atoms with Crippen LogP contribution in [0.25, 0.3) is 0 Å². The van der Waals surface area contributed by atoms with Crippen LogP contribution < -0.4 is 10.6 Å². The quantitative estimate of drug-likeness (QED) is 0.439. The minimum absolute atomic E-state index is 0.882. The van der Waals surface area contributed by atoms with Gasteiger partial charge in [0.25, 0.3) is 0 Å². The van der Waals surface area contributed by atoms with Crippen LogP contribution in [0.4, 0.5) is 0 Å². The maximum absolute atomic E-state index is 4.61. The Bertz CT molecular complexity index is 448. The zero-order valence-corrected chi connectivity index (χ0v) is 14.3. The Kier molecular flexibility index (Phi) is 7.87. The summed E-state index contributed by atoms with van der Waals surface area (Å²) in [5, 5.41) is 11.2. The van der Waals surface area contributed by atoms with Crippen molar-refractivity contribution < 1.29 is 0 Å². The Morgan fingerprint density at radius 1 is 1.19 bits per heavy atom. The Labute approximate surface area is 129 Å². The number of guanidine groups is 1. The molecule has 0 spiro atoms. The molecule has 1 heterocycles.